The van der Waals surface area contributed by atoms with E-state index in [-0.39, 0.29) is 11.7 Å². The number of carbonyl (C=O) groups is 1. The Labute approximate surface area is 131 Å². The Bertz CT molecular complexity index is 681. The molecule has 1 saturated heterocycles. The monoisotopic (exact) mass is 320 g/mol. The molecule has 6 heteroatoms. The summed E-state index contributed by atoms with van der Waals surface area (Å²) in [5.41, 5.74) is 0.680. The minimum absolute atomic E-state index is 0.126. The molecular formula is C16H14F2N2OS. The van der Waals surface area contributed by atoms with E-state index in [1.165, 1.54) is 0 Å². The van der Waals surface area contributed by atoms with E-state index in [1.54, 1.807) is 16.7 Å². The molecule has 0 saturated carbocycles. The van der Waals surface area contributed by atoms with Crippen LogP contribution in [0.1, 0.15) is 22.1 Å². The van der Waals surface area contributed by atoms with E-state index in [4.69, 9.17) is 0 Å². The molecule has 0 N–H and O–H groups in total. The molecule has 2 aromatic rings. The van der Waals surface area contributed by atoms with Gasteiger partial charge in [-0.25, -0.2) is 13.8 Å². The van der Waals surface area contributed by atoms with E-state index in [0.717, 1.165) is 23.3 Å². The zero-order valence-electron chi connectivity index (χ0n) is 11.7. The zero-order chi connectivity index (χ0) is 15.5. The minimum atomic E-state index is -0.921. The summed E-state index contributed by atoms with van der Waals surface area (Å²) in [6, 6.07) is 10.2. The number of nitrogens with zero attached hydrogens (tertiary/aromatic N) is 2. The summed E-state index contributed by atoms with van der Waals surface area (Å²) < 4.78 is 26.8. The van der Waals surface area contributed by atoms with Crippen LogP contribution in [0, 0.1) is 11.6 Å². The minimum Gasteiger partial charge on any atom is -0.329 e. The van der Waals surface area contributed by atoms with Gasteiger partial charge in [0.25, 0.3) is 5.91 Å². The second kappa shape index (κ2) is 6.44. The second-order valence-electron chi connectivity index (χ2n) is 4.98. The SMILES string of the molecule is O=C(c1ncc(F)cc1F)N1CCSC[C@H]1c1ccccc1. The fraction of sp³-hybridized carbons (Fsp3) is 0.250. The Hall–Kier alpha value is -1.95. The molecule has 2 heterocycles. The number of hydrogen-bond donors (Lipinski definition) is 0. The van der Waals surface area contributed by atoms with E-state index >= 15 is 0 Å². The number of pyridine rings is 1. The predicted octanol–water partition coefficient (Wildman–Crippen LogP) is 3.29. The average molecular weight is 320 g/mol. The molecule has 1 aromatic carbocycles. The van der Waals surface area contributed by atoms with Crippen LogP contribution in [0.5, 0.6) is 0 Å². The average Bonchev–Trinajstić information content (AvgIpc) is 2.55. The lowest BCUT2D eigenvalue weighted by Crippen LogP contribution is -2.41. The number of carbonyl (C=O) groups excluding carboxylic acids is 1. The van der Waals surface area contributed by atoms with Gasteiger partial charge in [-0.15, -0.1) is 0 Å². The van der Waals surface area contributed by atoms with E-state index in [1.807, 2.05) is 30.3 Å². The van der Waals surface area contributed by atoms with Crippen LogP contribution in [0.3, 0.4) is 0 Å². The molecule has 0 aliphatic carbocycles. The molecule has 1 aromatic heterocycles. The van der Waals surface area contributed by atoms with E-state index < -0.39 is 17.5 Å². The summed E-state index contributed by atoms with van der Waals surface area (Å²) in [7, 11) is 0. The lowest BCUT2D eigenvalue weighted by molar-refractivity contribution is 0.0690. The van der Waals surface area contributed by atoms with Gasteiger partial charge < -0.3 is 4.90 Å². The van der Waals surface area contributed by atoms with Gasteiger partial charge in [0.1, 0.15) is 5.82 Å². The smallest absolute Gasteiger partial charge is 0.276 e. The third-order valence-electron chi connectivity index (χ3n) is 3.58. The second-order valence-corrected chi connectivity index (χ2v) is 6.13. The summed E-state index contributed by atoms with van der Waals surface area (Å²) >= 11 is 1.75. The molecule has 1 amide bonds. The molecule has 0 radical (unpaired) electrons. The van der Waals surface area contributed by atoms with Gasteiger partial charge in [-0.1, -0.05) is 30.3 Å². The van der Waals surface area contributed by atoms with Crippen LogP contribution in [0.2, 0.25) is 0 Å². The number of hydrogen-bond acceptors (Lipinski definition) is 3. The van der Waals surface area contributed by atoms with Crippen molar-refractivity contribution in [2.75, 3.05) is 18.1 Å². The van der Waals surface area contributed by atoms with Gasteiger partial charge in [-0.05, 0) is 5.56 Å². The molecular weight excluding hydrogens is 306 g/mol. The molecule has 22 heavy (non-hydrogen) atoms. The molecule has 0 unspecified atom stereocenters. The lowest BCUT2D eigenvalue weighted by atomic mass is 10.1. The maximum Gasteiger partial charge on any atom is 0.276 e. The number of aromatic nitrogens is 1. The fourth-order valence-corrected chi connectivity index (χ4v) is 3.59. The predicted molar refractivity (Wildman–Crippen MR) is 81.7 cm³/mol. The number of amides is 1. The van der Waals surface area contributed by atoms with Crippen LogP contribution >= 0.6 is 11.8 Å². The summed E-state index contributed by atoms with van der Waals surface area (Å²) in [5.74, 6) is -0.666. The summed E-state index contributed by atoms with van der Waals surface area (Å²) in [5, 5.41) is 0. The Balaban J connectivity index is 1.92. The molecule has 1 atom stereocenters. The van der Waals surface area contributed by atoms with E-state index in [0.29, 0.717) is 12.6 Å². The maximum atomic E-state index is 13.8. The highest BCUT2D eigenvalue weighted by molar-refractivity contribution is 7.99. The normalized spacial score (nSPS) is 18.3. The first kappa shape index (κ1) is 15.0. The molecule has 1 aliphatic rings. The first-order valence-corrected chi connectivity index (χ1v) is 8.07. The molecule has 1 aliphatic heterocycles. The van der Waals surface area contributed by atoms with Gasteiger partial charge in [0, 0.05) is 24.1 Å². The van der Waals surface area contributed by atoms with Gasteiger partial charge in [-0.3, -0.25) is 4.79 Å². The van der Waals surface area contributed by atoms with Crippen LogP contribution in [0.15, 0.2) is 42.6 Å². The number of rotatable bonds is 2. The number of thioether (sulfide) groups is 1. The summed E-state index contributed by atoms with van der Waals surface area (Å²) in [6.45, 7) is 0.515. The quantitative estimate of drug-likeness (QED) is 0.851. The van der Waals surface area contributed by atoms with Crippen molar-refractivity contribution in [1.82, 2.24) is 9.88 Å². The lowest BCUT2D eigenvalue weighted by Gasteiger charge is -2.35. The number of halogens is 2. The first-order valence-electron chi connectivity index (χ1n) is 6.91. The molecule has 3 rings (SSSR count). The van der Waals surface area contributed by atoms with Gasteiger partial charge in [-0.2, -0.15) is 11.8 Å². The molecule has 0 spiro atoms. The fourth-order valence-electron chi connectivity index (χ4n) is 2.51. The van der Waals surface area contributed by atoms with Gasteiger partial charge >= 0.3 is 0 Å². The van der Waals surface area contributed by atoms with Crippen LogP contribution < -0.4 is 0 Å². The van der Waals surface area contributed by atoms with Crippen molar-refractivity contribution in [2.45, 2.75) is 6.04 Å². The van der Waals surface area contributed by atoms with Crippen LogP contribution in [-0.2, 0) is 0 Å². The Morgan fingerprint density at radius 2 is 2.05 bits per heavy atom. The zero-order valence-corrected chi connectivity index (χ0v) is 12.5. The highest BCUT2D eigenvalue weighted by atomic mass is 32.2. The van der Waals surface area contributed by atoms with Crippen LogP contribution in [-0.4, -0.2) is 33.8 Å². The summed E-state index contributed by atoms with van der Waals surface area (Å²) in [4.78, 5) is 17.9. The Kier molecular flexibility index (Phi) is 4.38. The highest BCUT2D eigenvalue weighted by Crippen LogP contribution is 2.30. The van der Waals surface area contributed by atoms with E-state index in [9.17, 15) is 13.6 Å². The Morgan fingerprint density at radius 1 is 1.27 bits per heavy atom. The third kappa shape index (κ3) is 2.97. The van der Waals surface area contributed by atoms with Crippen molar-refractivity contribution in [1.29, 1.82) is 0 Å². The third-order valence-corrected chi connectivity index (χ3v) is 4.61. The van der Waals surface area contributed by atoms with Crippen LogP contribution in [0.4, 0.5) is 8.78 Å². The van der Waals surface area contributed by atoms with Gasteiger partial charge in [0.2, 0.25) is 0 Å². The van der Waals surface area contributed by atoms with Crippen molar-refractivity contribution < 1.29 is 13.6 Å². The molecule has 3 nitrogen and oxygen atoms in total. The topological polar surface area (TPSA) is 33.2 Å². The first-order chi connectivity index (χ1) is 10.7. The number of benzene rings is 1. The van der Waals surface area contributed by atoms with Crippen molar-refractivity contribution >= 4 is 17.7 Å². The van der Waals surface area contributed by atoms with Crippen LogP contribution in [0.25, 0.3) is 0 Å². The van der Waals surface area contributed by atoms with Crippen molar-refractivity contribution in [3.63, 3.8) is 0 Å². The van der Waals surface area contributed by atoms with Crippen molar-refractivity contribution in [2.24, 2.45) is 0 Å². The van der Waals surface area contributed by atoms with E-state index in [2.05, 4.69) is 4.98 Å². The van der Waals surface area contributed by atoms with Crippen molar-refractivity contribution in [3.8, 4) is 0 Å². The maximum absolute atomic E-state index is 13.8. The molecule has 114 valence electrons. The van der Waals surface area contributed by atoms with Gasteiger partial charge in [0.05, 0.1) is 12.2 Å². The van der Waals surface area contributed by atoms with Gasteiger partial charge in [0.15, 0.2) is 11.5 Å². The standard InChI is InChI=1S/C16H14F2N2OS/c17-12-8-13(18)15(19-9-12)16(21)20-6-7-22-10-14(20)11-4-2-1-3-5-11/h1-5,8-9,14H,6-7,10H2/t14-/m0/s1. The highest BCUT2D eigenvalue weighted by Gasteiger charge is 2.31. The largest absolute Gasteiger partial charge is 0.329 e. The Morgan fingerprint density at radius 3 is 2.77 bits per heavy atom. The summed E-state index contributed by atoms with van der Waals surface area (Å²) in [6.07, 6.45) is 0.868. The van der Waals surface area contributed by atoms with Crippen molar-refractivity contribution in [3.05, 3.63) is 65.5 Å². The molecule has 0 bridgehead atoms. The molecule has 1 fully saturated rings.